The largest absolute Gasteiger partial charge is 0.349 e. The molecular weight excluding hydrogens is 320 g/mol. The van der Waals surface area contributed by atoms with Crippen molar-refractivity contribution < 1.29 is 4.79 Å². The molecule has 1 atom stereocenters. The molecule has 1 aliphatic heterocycles. The van der Waals surface area contributed by atoms with Gasteiger partial charge in [0, 0.05) is 37.8 Å². The zero-order chi connectivity index (χ0) is 18.3. The molecule has 1 N–H and O–H groups in total. The van der Waals surface area contributed by atoms with Crippen molar-refractivity contribution >= 4 is 5.91 Å². The van der Waals surface area contributed by atoms with Gasteiger partial charge >= 0.3 is 5.69 Å². The van der Waals surface area contributed by atoms with Gasteiger partial charge in [0.15, 0.2) is 0 Å². The van der Waals surface area contributed by atoms with E-state index in [1.165, 1.54) is 4.68 Å². The fourth-order valence-electron chi connectivity index (χ4n) is 3.59. The molecule has 8 nitrogen and oxygen atoms in total. The van der Waals surface area contributed by atoms with E-state index in [0.29, 0.717) is 18.5 Å². The fourth-order valence-corrected chi connectivity index (χ4v) is 3.59. The van der Waals surface area contributed by atoms with Gasteiger partial charge in [-0.2, -0.15) is 10.2 Å². The summed E-state index contributed by atoms with van der Waals surface area (Å²) < 4.78 is 4.97. The second-order valence-electron chi connectivity index (χ2n) is 7.06. The molecule has 0 saturated heterocycles. The molecule has 2 aromatic heterocycles. The van der Waals surface area contributed by atoms with Gasteiger partial charge < -0.3 is 5.32 Å². The molecule has 3 heterocycles. The summed E-state index contributed by atoms with van der Waals surface area (Å²) >= 11 is 0. The highest BCUT2D eigenvalue weighted by atomic mass is 16.2. The summed E-state index contributed by atoms with van der Waals surface area (Å²) in [6.45, 7) is 8.48. The van der Waals surface area contributed by atoms with Crippen LogP contribution in [-0.2, 0) is 20.0 Å². The van der Waals surface area contributed by atoms with Crippen LogP contribution < -0.4 is 11.0 Å². The number of fused-ring (bicyclic) bond motifs is 1. The van der Waals surface area contributed by atoms with Crippen molar-refractivity contribution in [3.8, 4) is 0 Å². The second-order valence-corrected chi connectivity index (χ2v) is 7.06. The van der Waals surface area contributed by atoms with Crippen LogP contribution in [0.3, 0.4) is 0 Å². The molecule has 8 heteroatoms. The molecule has 1 unspecified atom stereocenters. The minimum atomic E-state index is -0.0909. The van der Waals surface area contributed by atoms with Gasteiger partial charge in [0.25, 0.3) is 5.91 Å². The van der Waals surface area contributed by atoms with Gasteiger partial charge in [-0.25, -0.2) is 9.48 Å². The van der Waals surface area contributed by atoms with E-state index in [9.17, 15) is 9.59 Å². The van der Waals surface area contributed by atoms with Crippen LogP contribution in [0.5, 0.6) is 0 Å². The van der Waals surface area contributed by atoms with E-state index in [-0.39, 0.29) is 23.7 Å². The van der Waals surface area contributed by atoms with Gasteiger partial charge in [-0.3, -0.25) is 14.0 Å². The summed E-state index contributed by atoms with van der Waals surface area (Å²) in [6, 6.07) is 0.242. The Morgan fingerprint density at radius 1 is 1.24 bits per heavy atom. The maximum absolute atomic E-state index is 12.8. The van der Waals surface area contributed by atoms with E-state index in [0.717, 1.165) is 30.1 Å². The van der Waals surface area contributed by atoms with Crippen molar-refractivity contribution in [1.29, 1.82) is 0 Å². The molecule has 2 aromatic rings. The van der Waals surface area contributed by atoms with E-state index in [1.807, 2.05) is 32.4 Å². The van der Waals surface area contributed by atoms with E-state index in [2.05, 4.69) is 15.5 Å². The third kappa shape index (κ3) is 3.12. The van der Waals surface area contributed by atoms with Crippen LogP contribution in [0.25, 0.3) is 0 Å². The Kier molecular flexibility index (Phi) is 4.53. The summed E-state index contributed by atoms with van der Waals surface area (Å²) in [5.41, 5.74) is 2.21. The first-order valence-corrected chi connectivity index (χ1v) is 8.78. The van der Waals surface area contributed by atoms with Crippen molar-refractivity contribution in [2.24, 2.45) is 7.05 Å². The lowest BCUT2D eigenvalue weighted by molar-refractivity contribution is 0.0931. The zero-order valence-corrected chi connectivity index (χ0v) is 15.5. The highest BCUT2D eigenvalue weighted by Gasteiger charge is 2.25. The number of amides is 1. The molecule has 0 spiro atoms. The molecule has 136 valence electrons. The van der Waals surface area contributed by atoms with E-state index in [1.54, 1.807) is 11.6 Å². The van der Waals surface area contributed by atoms with Crippen LogP contribution in [0.2, 0.25) is 0 Å². The van der Waals surface area contributed by atoms with Crippen LogP contribution in [0.4, 0.5) is 0 Å². The molecule has 0 bridgehead atoms. The molecule has 25 heavy (non-hydrogen) atoms. The van der Waals surface area contributed by atoms with Crippen LogP contribution in [-0.4, -0.2) is 36.1 Å². The number of rotatable bonds is 3. The molecule has 1 aliphatic rings. The van der Waals surface area contributed by atoms with Crippen LogP contribution in [0, 0.1) is 13.8 Å². The lowest BCUT2D eigenvalue weighted by atomic mass is 10.1. The molecule has 0 fully saturated rings. The molecule has 0 aliphatic carbocycles. The Morgan fingerprint density at radius 3 is 2.60 bits per heavy atom. The van der Waals surface area contributed by atoms with Gasteiger partial charge in [0.05, 0.1) is 11.3 Å². The summed E-state index contributed by atoms with van der Waals surface area (Å²) in [6.07, 6.45) is 2.18. The fraction of sp³-hybridized carbons (Fsp3) is 0.647. The topological polar surface area (TPSA) is 86.7 Å². The number of nitrogens with one attached hydrogen (secondary N) is 1. The van der Waals surface area contributed by atoms with Gasteiger partial charge in [-0.05, 0) is 40.5 Å². The van der Waals surface area contributed by atoms with Crippen molar-refractivity contribution in [3.05, 3.63) is 33.3 Å². The van der Waals surface area contributed by atoms with Crippen LogP contribution >= 0.6 is 0 Å². The number of hydrogen-bond donors (Lipinski definition) is 1. The Balaban J connectivity index is 1.74. The number of nitrogens with zero attached hydrogens (tertiary/aromatic N) is 5. The van der Waals surface area contributed by atoms with Crippen molar-refractivity contribution in [2.45, 2.75) is 65.6 Å². The summed E-state index contributed by atoms with van der Waals surface area (Å²) in [7, 11) is 1.67. The first kappa shape index (κ1) is 17.4. The monoisotopic (exact) mass is 346 g/mol. The van der Waals surface area contributed by atoms with Gasteiger partial charge in [-0.1, -0.05) is 0 Å². The molecule has 0 saturated carbocycles. The predicted octanol–water partition coefficient (Wildman–Crippen LogP) is 1.11. The number of aromatic nitrogens is 5. The number of carbonyl (C=O) groups is 1. The number of carbonyl (C=O) groups excluding carboxylic acids is 1. The molecular formula is C17H26N6O2. The maximum Gasteiger partial charge on any atom is 0.345 e. The Morgan fingerprint density at radius 2 is 1.96 bits per heavy atom. The molecule has 1 amide bonds. The van der Waals surface area contributed by atoms with Crippen molar-refractivity contribution in [3.63, 3.8) is 0 Å². The Labute approximate surface area is 146 Å². The highest BCUT2D eigenvalue weighted by molar-refractivity contribution is 5.96. The predicted molar refractivity (Wildman–Crippen MR) is 93.7 cm³/mol. The normalized spacial score (nSPS) is 17.4. The van der Waals surface area contributed by atoms with Crippen LogP contribution in [0.15, 0.2) is 4.79 Å². The Hall–Kier alpha value is -2.38. The summed E-state index contributed by atoms with van der Waals surface area (Å²) in [5.74, 6) is 0.712. The van der Waals surface area contributed by atoms with Crippen molar-refractivity contribution in [1.82, 2.24) is 29.4 Å². The highest BCUT2D eigenvalue weighted by Crippen LogP contribution is 2.18. The SMILES string of the molecule is Cc1nn(C(C)C)c(C)c1C(=O)NC1CCc2nn(C)c(=O)n2CC1. The zero-order valence-electron chi connectivity index (χ0n) is 15.5. The third-order valence-corrected chi connectivity index (χ3v) is 4.88. The quantitative estimate of drug-likeness (QED) is 0.902. The summed E-state index contributed by atoms with van der Waals surface area (Å²) in [4.78, 5) is 24.8. The standard InChI is InChI=1S/C17H26N6O2/c1-10(2)23-12(4)15(11(3)19-23)16(24)18-13-6-7-14-20-21(5)17(25)22(14)9-8-13/h10,13H,6-9H2,1-5H3,(H,18,24). The maximum atomic E-state index is 12.8. The average Bonchev–Trinajstić information content (AvgIpc) is 2.90. The third-order valence-electron chi connectivity index (χ3n) is 4.88. The average molecular weight is 346 g/mol. The van der Waals surface area contributed by atoms with Gasteiger partial charge in [0.2, 0.25) is 0 Å². The molecule has 0 radical (unpaired) electrons. The second kappa shape index (κ2) is 6.50. The van der Waals surface area contributed by atoms with Gasteiger partial charge in [0.1, 0.15) is 5.82 Å². The summed E-state index contributed by atoms with van der Waals surface area (Å²) in [5, 5.41) is 11.9. The Bertz CT molecular complexity index is 857. The minimum absolute atomic E-state index is 0.0279. The number of aryl methyl sites for hydroxylation is 3. The lowest BCUT2D eigenvalue weighted by Gasteiger charge is -2.16. The minimum Gasteiger partial charge on any atom is -0.349 e. The first-order valence-electron chi connectivity index (χ1n) is 8.78. The smallest absolute Gasteiger partial charge is 0.345 e. The number of hydrogen-bond acceptors (Lipinski definition) is 4. The molecule has 0 aromatic carbocycles. The van der Waals surface area contributed by atoms with E-state index < -0.39 is 0 Å². The van der Waals surface area contributed by atoms with Crippen LogP contribution in [0.1, 0.15) is 60.3 Å². The van der Waals surface area contributed by atoms with Gasteiger partial charge in [-0.15, -0.1) is 0 Å². The molecule has 3 rings (SSSR count). The lowest BCUT2D eigenvalue weighted by Crippen LogP contribution is -2.36. The van der Waals surface area contributed by atoms with E-state index >= 15 is 0 Å². The van der Waals surface area contributed by atoms with E-state index in [4.69, 9.17) is 0 Å². The van der Waals surface area contributed by atoms with Crippen molar-refractivity contribution in [2.75, 3.05) is 0 Å². The first-order chi connectivity index (χ1) is 11.8.